The molecule has 0 aromatic heterocycles. The van der Waals surface area contributed by atoms with Gasteiger partial charge in [-0.15, -0.1) is 0 Å². The van der Waals surface area contributed by atoms with Crippen LogP contribution in [0, 0.1) is 0 Å². The fraction of sp³-hybridized carbons (Fsp3) is 0.714. The van der Waals surface area contributed by atoms with Gasteiger partial charge >= 0.3 is 5.97 Å². The van der Waals surface area contributed by atoms with Crippen LogP contribution in [0.25, 0.3) is 0 Å². The minimum atomic E-state index is -1.20. The van der Waals surface area contributed by atoms with Crippen LogP contribution in [-0.2, 0) is 24.0 Å². The van der Waals surface area contributed by atoms with Crippen LogP contribution in [0.15, 0.2) is 4.99 Å². The van der Waals surface area contributed by atoms with Gasteiger partial charge in [0.05, 0.1) is 6.04 Å². The maximum absolute atomic E-state index is 13.3. The van der Waals surface area contributed by atoms with Crippen LogP contribution in [0.3, 0.4) is 0 Å². The Kier molecular flexibility index (Phi) is 10.2. The second kappa shape index (κ2) is 12.9. The van der Waals surface area contributed by atoms with Gasteiger partial charge in [0, 0.05) is 26.1 Å². The lowest BCUT2D eigenvalue weighted by molar-refractivity contribution is -0.148. The van der Waals surface area contributed by atoms with Crippen molar-refractivity contribution in [3.8, 4) is 0 Å². The molecule has 35 heavy (non-hydrogen) atoms. The second-order valence-corrected chi connectivity index (χ2v) is 8.84. The van der Waals surface area contributed by atoms with Crippen LogP contribution >= 0.6 is 0 Å². The summed E-state index contributed by atoms with van der Waals surface area (Å²) in [6.07, 6.45) is 2.50. The van der Waals surface area contributed by atoms with Crippen molar-refractivity contribution in [2.24, 2.45) is 27.9 Å². The molecule has 0 saturated carbocycles. The predicted molar refractivity (Wildman–Crippen MR) is 125 cm³/mol. The number of hydrogen-bond donors (Lipinski definition) is 6. The molecule has 2 aliphatic rings. The average Bonchev–Trinajstić information content (AvgIpc) is 3.48. The second-order valence-electron chi connectivity index (χ2n) is 8.84. The highest BCUT2D eigenvalue weighted by Gasteiger charge is 2.43. The Balaban J connectivity index is 2.02. The molecule has 0 aromatic carbocycles. The monoisotopic (exact) mass is 496 g/mol. The highest BCUT2D eigenvalue weighted by Crippen LogP contribution is 2.26. The first-order valence-electron chi connectivity index (χ1n) is 11.8. The summed E-state index contributed by atoms with van der Waals surface area (Å²) in [5.41, 5.74) is 21.6. The van der Waals surface area contributed by atoms with E-state index in [2.05, 4.69) is 10.3 Å². The molecule has 14 heteroatoms. The Hall–Kier alpha value is -3.42. The van der Waals surface area contributed by atoms with Crippen molar-refractivity contribution in [1.29, 1.82) is 0 Å². The van der Waals surface area contributed by atoms with E-state index >= 15 is 0 Å². The Morgan fingerprint density at radius 1 is 0.971 bits per heavy atom. The van der Waals surface area contributed by atoms with Crippen LogP contribution in [0.5, 0.6) is 0 Å². The van der Waals surface area contributed by atoms with E-state index in [0.29, 0.717) is 45.2 Å². The van der Waals surface area contributed by atoms with Crippen molar-refractivity contribution in [2.45, 2.75) is 75.5 Å². The highest BCUT2D eigenvalue weighted by molar-refractivity contribution is 5.95. The van der Waals surface area contributed by atoms with Crippen LogP contribution in [0.2, 0.25) is 0 Å². The highest BCUT2D eigenvalue weighted by atomic mass is 16.4. The molecule has 2 heterocycles. The maximum Gasteiger partial charge on any atom is 0.326 e. The number of amides is 4. The third kappa shape index (κ3) is 7.80. The molecule has 4 unspecified atom stereocenters. The number of hydrogen-bond acceptors (Lipinski definition) is 7. The summed E-state index contributed by atoms with van der Waals surface area (Å²) in [5, 5.41) is 12.0. The Morgan fingerprint density at radius 3 is 2.20 bits per heavy atom. The molecule has 0 radical (unpaired) electrons. The van der Waals surface area contributed by atoms with Gasteiger partial charge in [-0.3, -0.25) is 24.2 Å². The number of primary amides is 1. The number of aliphatic carboxylic acids is 1. The summed E-state index contributed by atoms with van der Waals surface area (Å²) in [7, 11) is 0. The van der Waals surface area contributed by atoms with Crippen molar-refractivity contribution in [2.75, 3.05) is 19.6 Å². The molecule has 2 fully saturated rings. The standard InChI is InChI=1S/C21H36N8O6/c22-12(7-8-16(23)30)18(32)29-11-3-6-15(29)19(33)28-10-2-5-14(28)17(31)27-13(20(34)35)4-1-9-26-21(24)25/h12-15H,1-11,22H2,(H2,23,30)(H,27,31)(H,34,35)(H4,24,25,26). The number of nitrogens with one attached hydrogen (secondary N) is 1. The Labute approximate surface area is 203 Å². The minimum absolute atomic E-state index is 0.0373. The number of carboxylic acids is 1. The number of rotatable bonds is 12. The normalized spacial score (nSPS) is 21.3. The van der Waals surface area contributed by atoms with Gasteiger partial charge < -0.3 is 43.2 Å². The van der Waals surface area contributed by atoms with Crippen LogP contribution in [0.1, 0.15) is 51.4 Å². The van der Waals surface area contributed by atoms with Gasteiger partial charge in [0.15, 0.2) is 5.96 Å². The van der Waals surface area contributed by atoms with E-state index < -0.39 is 47.9 Å². The number of carbonyl (C=O) groups is 5. The molecule has 0 bridgehead atoms. The summed E-state index contributed by atoms with van der Waals surface area (Å²) in [4.78, 5) is 68.3. The number of aliphatic imine (C=N–C) groups is 1. The first-order chi connectivity index (χ1) is 16.5. The fourth-order valence-corrected chi connectivity index (χ4v) is 4.44. The first kappa shape index (κ1) is 27.8. The molecule has 10 N–H and O–H groups in total. The zero-order valence-corrected chi connectivity index (χ0v) is 19.7. The van der Waals surface area contributed by atoms with Gasteiger partial charge in [0.25, 0.3) is 0 Å². The number of carbonyl (C=O) groups excluding carboxylic acids is 4. The van der Waals surface area contributed by atoms with E-state index in [9.17, 15) is 29.1 Å². The van der Waals surface area contributed by atoms with Crippen LogP contribution in [0.4, 0.5) is 0 Å². The van der Waals surface area contributed by atoms with E-state index in [1.807, 2.05) is 0 Å². The van der Waals surface area contributed by atoms with E-state index in [4.69, 9.17) is 22.9 Å². The molecule has 2 rings (SSSR count). The number of likely N-dealkylation sites (tertiary alicyclic amines) is 2. The first-order valence-corrected chi connectivity index (χ1v) is 11.8. The van der Waals surface area contributed by atoms with Gasteiger partial charge in [0.2, 0.25) is 23.6 Å². The van der Waals surface area contributed by atoms with Gasteiger partial charge in [-0.05, 0) is 44.9 Å². The molecular weight excluding hydrogens is 460 g/mol. The lowest BCUT2D eigenvalue weighted by Gasteiger charge is -2.32. The van der Waals surface area contributed by atoms with Crippen LogP contribution < -0.4 is 28.3 Å². The number of carboxylic acid groups (broad SMARTS) is 1. The van der Waals surface area contributed by atoms with Gasteiger partial charge in [-0.25, -0.2) is 4.79 Å². The summed E-state index contributed by atoms with van der Waals surface area (Å²) < 4.78 is 0. The number of guanidine groups is 1. The van der Waals surface area contributed by atoms with Crippen molar-refractivity contribution in [1.82, 2.24) is 15.1 Å². The lowest BCUT2D eigenvalue weighted by Crippen LogP contribution is -2.56. The summed E-state index contributed by atoms with van der Waals surface area (Å²) in [5.74, 6) is -3.22. The van der Waals surface area contributed by atoms with Gasteiger partial charge in [-0.1, -0.05) is 0 Å². The third-order valence-corrected chi connectivity index (χ3v) is 6.24. The zero-order valence-electron chi connectivity index (χ0n) is 19.7. The van der Waals surface area contributed by atoms with E-state index in [1.54, 1.807) is 0 Å². The summed E-state index contributed by atoms with van der Waals surface area (Å²) >= 11 is 0. The maximum atomic E-state index is 13.3. The predicted octanol–water partition coefficient (Wildman–Crippen LogP) is -2.82. The summed E-state index contributed by atoms with van der Waals surface area (Å²) in [6.45, 7) is 0.898. The number of nitrogens with zero attached hydrogens (tertiary/aromatic N) is 3. The molecule has 4 amide bonds. The molecule has 0 spiro atoms. The van der Waals surface area contributed by atoms with Crippen molar-refractivity contribution in [3.05, 3.63) is 0 Å². The quantitative estimate of drug-likeness (QED) is 0.0926. The molecule has 196 valence electrons. The van der Waals surface area contributed by atoms with Crippen LogP contribution in [-0.4, -0.2) is 94.3 Å². The SMILES string of the molecule is NC(=O)CCC(N)C(=O)N1CCCC1C(=O)N1CCCC1C(=O)NC(CCCN=C(N)N)C(=O)O. The Bertz CT molecular complexity index is 846. The fourth-order valence-electron chi connectivity index (χ4n) is 4.44. The van der Waals surface area contributed by atoms with E-state index in [-0.39, 0.29) is 37.7 Å². The number of nitrogens with two attached hydrogens (primary N) is 4. The molecule has 4 atom stereocenters. The largest absolute Gasteiger partial charge is 0.480 e. The van der Waals surface area contributed by atoms with Gasteiger partial charge in [-0.2, -0.15) is 0 Å². The topological polar surface area (TPSA) is 241 Å². The summed E-state index contributed by atoms with van der Waals surface area (Å²) in [6, 6.07) is -3.69. The van der Waals surface area contributed by atoms with Crippen molar-refractivity contribution >= 4 is 35.6 Å². The van der Waals surface area contributed by atoms with Gasteiger partial charge in [0.1, 0.15) is 18.1 Å². The third-order valence-electron chi connectivity index (χ3n) is 6.24. The molecule has 0 aliphatic carbocycles. The van der Waals surface area contributed by atoms with E-state index in [1.165, 1.54) is 9.80 Å². The van der Waals surface area contributed by atoms with Crippen molar-refractivity contribution in [3.63, 3.8) is 0 Å². The lowest BCUT2D eigenvalue weighted by atomic mass is 10.1. The smallest absolute Gasteiger partial charge is 0.326 e. The minimum Gasteiger partial charge on any atom is -0.480 e. The molecule has 14 nitrogen and oxygen atoms in total. The Morgan fingerprint density at radius 2 is 1.60 bits per heavy atom. The molecule has 2 saturated heterocycles. The van der Waals surface area contributed by atoms with E-state index in [0.717, 1.165) is 0 Å². The zero-order chi connectivity index (χ0) is 26.1. The molecular formula is C21H36N8O6. The average molecular weight is 497 g/mol. The molecule has 0 aromatic rings. The van der Waals surface area contributed by atoms with Crippen molar-refractivity contribution < 1.29 is 29.1 Å². The molecule has 2 aliphatic heterocycles.